The number of nitrogens with zero attached hydrogens (tertiary/aromatic N) is 1. The van der Waals surface area contributed by atoms with Gasteiger partial charge in [0.25, 0.3) is 0 Å². The fourth-order valence-corrected chi connectivity index (χ4v) is 3.42. The largest absolute Gasteiger partial charge is 0.357 e. The maximum Gasteiger partial charge on any atom is 0.328 e. The quantitative estimate of drug-likeness (QED) is 0.782. The van der Waals surface area contributed by atoms with Crippen molar-refractivity contribution in [1.82, 2.24) is 10.2 Å². The van der Waals surface area contributed by atoms with E-state index in [1.54, 1.807) is 29.2 Å². The molecule has 0 bridgehead atoms. The molecule has 2 amide bonds. The number of benzene rings is 1. The molecule has 6 heteroatoms. The van der Waals surface area contributed by atoms with Crippen LogP contribution in [-0.4, -0.2) is 28.1 Å². The number of rotatable bonds is 1. The molecule has 1 aliphatic carbocycles. The Morgan fingerprint density at radius 1 is 1.30 bits per heavy atom. The van der Waals surface area contributed by atoms with Crippen molar-refractivity contribution in [3.05, 3.63) is 29.3 Å². The first-order valence-electron chi connectivity index (χ1n) is 6.81. The first kappa shape index (κ1) is 13.6. The standard InChI is InChI=1S/C14H16ClN3OS/c15-9-5-7-10(8-6-9)16-13(19)18-12-4-2-1-3-11(12)17-14(18)20/h5-8,11-12H,1-4H2,(H,16,19)(H,17,20)/t11-,12-/m0/s1. The van der Waals surface area contributed by atoms with E-state index in [-0.39, 0.29) is 12.1 Å². The number of amides is 2. The lowest BCUT2D eigenvalue weighted by Gasteiger charge is -2.29. The van der Waals surface area contributed by atoms with E-state index < -0.39 is 0 Å². The third-order valence-electron chi connectivity index (χ3n) is 3.90. The zero-order chi connectivity index (χ0) is 14.1. The van der Waals surface area contributed by atoms with Crippen LogP contribution >= 0.6 is 23.8 Å². The molecule has 1 aromatic rings. The second-order valence-corrected chi connectivity index (χ2v) is 6.04. The van der Waals surface area contributed by atoms with Crippen LogP contribution in [0.3, 0.4) is 0 Å². The number of hydrogen-bond donors (Lipinski definition) is 2. The van der Waals surface area contributed by atoms with E-state index in [4.69, 9.17) is 23.8 Å². The monoisotopic (exact) mass is 309 g/mol. The Morgan fingerprint density at radius 3 is 2.75 bits per heavy atom. The van der Waals surface area contributed by atoms with Gasteiger partial charge in [-0.05, 0) is 49.3 Å². The molecule has 1 saturated carbocycles. The first-order chi connectivity index (χ1) is 9.65. The number of carbonyl (C=O) groups excluding carboxylic acids is 1. The van der Waals surface area contributed by atoms with Crippen molar-refractivity contribution in [3.63, 3.8) is 0 Å². The van der Waals surface area contributed by atoms with Crippen LogP contribution in [0.15, 0.2) is 24.3 Å². The minimum absolute atomic E-state index is 0.167. The number of carbonyl (C=O) groups is 1. The van der Waals surface area contributed by atoms with Crippen LogP contribution in [-0.2, 0) is 0 Å². The molecular formula is C14H16ClN3OS. The number of thiocarbonyl (C=S) groups is 1. The molecule has 1 aromatic carbocycles. The highest BCUT2D eigenvalue weighted by molar-refractivity contribution is 7.80. The molecule has 0 spiro atoms. The van der Waals surface area contributed by atoms with Crippen molar-refractivity contribution < 1.29 is 4.79 Å². The Balaban J connectivity index is 1.72. The normalized spacial score (nSPS) is 25.1. The topological polar surface area (TPSA) is 44.4 Å². The van der Waals surface area contributed by atoms with Crippen molar-refractivity contribution in [3.8, 4) is 0 Å². The highest BCUT2D eigenvalue weighted by atomic mass is 35.5. The van der Waals surface area contributed by atoms with Gasteiger partial charge >= 0.3 is 6.03 Å². The van der Waals surface area contributed by atoms with E-state index in [2.05, 4.69) is 10.6 Å². The van der Waals surface area contributed by atoms with Crippen molar-refractivity contribution >= 4 is 40.6 Å². The van der Waals surface area contributed by atoms with Crippen LogP contribution in [0.5, 0.6) is 0 Å². The molecule has 3 rings (SSSR count). The number of hydrogen-bond acceptors (Lipinski definition) is 2. The molecule has 1 aliphatic heterocycles. The summed E-state index contributed by atoms with van der Waals surface area (Å²) in [6.07, 6.45) is 4.43. The van der Waals surface area contributed by atoms with Crippen LogP contribution in [0, 0.1) is 0 Å². The van der Waals surface area contributed by atoms with Gasteiger partial charge in [-0.15, -0.1) is 0 Å². The van der Waals surface area contributed by atoms with Gasteiger partial charge in [0.15, 0.2) is 5.11 Å². The SMILES string of the molecule is O=C(Nc1ccc(Cl)cc1)N1C(=S)N[C@H]2CCCC[C@@H]21. The molecule has 2 N–H and O–H groups in total. The second kappa shape index (κ2) is 5.58. The molecule has 0 unspecified atom stereocenters. The molecule has 2 fully saturated rings. The van der Waals surface area contributed by atoms with Crippen LogP contribution in [0.4, 0.5) is 10.5 Å². The molecule has 0 aromatic heterocycles. The number of nitrogens with one attached hydrogen (secondary N) is 2. The van der Waals surface area contributed by atoms with E-state index >= 15 is 0 Å². The predicted octanol–water partition coefficient (Wildman–Crippen LogP) is 3.37. The smallest absolute Gasteiger partial charge is 0.328 e. The van der Waals surface area contributed by atoms with Crippen LogP contribution in [0.1, 0.15) is 25.7 Å². The lowest BCUT2D eigenvalue weighted by molar-refractivity contribution is 0.212. The van der Waals surface area contributed by atoms with Crippen molar-refractivity contribution in [2.45, 2.75) is 37.8 Å². The molecule has 1 heterocycles. The summed E-state index contributed by atoms with van der Waals surface area (Å²) in [4.78, 5) is 14.1. The molecule has 0 radical (unpaired) electrons. The molecule has 2 aliphatic rings. The molecule has 106 valence electrons. The van der Waals surface area contributed by atoms with Gasteiger partial charge in [0.1, 0.15) is 0 Å². The maximum atomic E-state index is 12.4. The Kier molecular flexibility index (Phi) is 3.81. The third-order valence-corrected chi connectivity index (χ3v) is 4.47. The summed E-state index contributed by atoms with van der Waals surface area (Å²) in [5, 5.41) is 7.31. The van der Waals surface area contributed by atoms with Gasteiger partial charge < -0.3 is 10.6 Å². The van der Waals surface area contributed by atoms with Crippen molar-refractivity contribution in [2.75, 3.05) is 5.32 Å². The Hall–Kier alpha value is -1.33. The van der Waals surface area contributed by atoms with E-state index in [1.807, 2.05) is 0 Å². The highest BCUT2D eigenvalue weighted by Crippen LogP contribution is 2.28. The summed E-state index contributed by atoms with van der Waals surface area (Å²) in [7, 11) is 0. The zero-order valence-electron chi connectivity index (χ0n) is 10.9. The van der Waals surface area contributed by atoms with E-state index in [1.165, 1.54) is 6.42 Å². The predicted molar refractivity (Wildman–Crippen MR) is 84.1 cm³/mol. The average Bonchev–Trinajstić information content (AvgIpc) is 2.77. The molecule has 4 nitrogen and oxygen atoms in total. The fraction of sp³-hybridized carbons (Fsp3) is 0.429. The second-order valence-electron chi connectivity index (χ2n) is 5.21. The minimum atomic E-state index is -0.167. The lowest BCUT2D eigenvalue weighted by Crippen LogP contribution is -2.44. The third kappa shape index (κ3) is 2.60. The maximum absolute atomic E-state index is 12.4. The summed E-state index contributed by atoms with van der Waals surface area (Å²) in [5.74, 6) is 0. The first-order valence-corrected chi connectivity index (χ1v) is 7.60. The van der Waals surface area contributed by atoms with Gasteiger partial charge in [-0.2, -0.15) is 0 Å². The van der Waals surface area contributed by atoms with Gasteiger partial charge in [0.05, 0.1) is 6.04 Å². The van der Waals surface area contributed by atoms with Gasteiger partial charge in [0, 0.05) is 16.8 Å². The summed E-state index contributed by atoms with van der Waals surface area (Å²) < 4.78 is 0. The number of halogens is 1. The molecule has 2 atom stereocenters. The van der Waals surface area contributed by atoms with Crippen molar-refractivity contribution in [1.29, 1.82) is 0 Å². The Labute approximate surface area is 128 Å². The zero-order valence-corrected chi connectivity index (χ0v) is 12.5. The summed E-state index contributed by atoms with van der Waals surface area (Å²) >= 11 is 11.1. The van der Waals surface area contributed by atoms with Gasteiger partial charge in [-0.3, -0.25) is 4.90 Å². The van der Waals surface area contributed by atoms with E-state index in [0.717, 1.165) is 24.9 Å². The molecule has 1 saturated heterocycles. The molecule has 20 heavy (non-hydrogen) atoms. The lowest BCUT2D eigenvalue weighted by atomic mass is 9.91. The van der Waals surface area contributed by atoms with Crippen LogP contribution < -0.4 is 10.6 Å². The van der Waals surface area contributed by atoms with Gasteiger partial charge in [0.2, 0.25) is 0 Å². The number of urea groups is 1. The van der Waals surface area contributed by atoms with Crippen LogP contribution in [0.25, 0.3) is 0 Å². The average molecular weight is 310 g/mol. The fourth-order valence-electron chi connectivity index (χ4n) is 2.93. The molecular weight excluding hydrogens is 294 g/mol. The van der Waals surface area contributed by atoms with Crippen molar-refractivity contribution in [2.24, 2.45) is 0 Å². The Bertz CT molecular complexity index is 534. The summed E-state index contributed by atoms with van der Waals surface area (Å²) in [5.41, 5.74) is 0.724. The minimum Gasteiger partial charge on any atom is -0.357 e. The summed E-state index contributed by atoms with van der Waals surface area (Å²) in [6, 6.07) is 7.40. The van der Waals surface area contributed by atoms with E-state index in [0.29, 0.717) is 16.2 Å². The summed E-state index contributed by atoms with van der Waals surface area (Å²) in [6.45, 7) is 0. The number of fused-ring (bicyclic) bond motifs is 1. The van der Waals surface area contributed by atoms with Gasteiger partial charge in [-0.1, -0.05) is 24.4 Å². The number of anilines is 1. The Morgan fingerprint density at radius 2 is 2.00 bits per heavy atom. The highest BCUT2D eigenvalue weighted by Gasteiger charge is 2.41. The van der Waals surface area contributed by atoms with Gasteiger partial charge in [-0.25, -0.2) is 4.79 Å². The van der Waals surface area contributed by atoms with E-state index in [9.17, 15) is 4.79 Å². The van der Waals surface area contributed by atoms with Crippen LogP contribution in [0.2, 0.25) is 5.02 Å².